The van der Waals surface area contributed by atoms with Crippen LogP contribution in [-0.4, -0.2) is 50.2 Å². The van der Waals surface area contributed by atoms with Gasteiger partial charge in [-0.05, 0) is 68.8 Å². The molecule has 3 aliphatic rings. The minimum atomic E-state index is -0.617. The highest BCUT2D eigenvalue weighted by molar-refractivity contribution is 5.94. The highest BCUT2D eigenvalue weighted by atomic mass is 19.1. The van der Waals surface area contributed by atoms with Crippen LogP contribution in [0.2, 0.25) is 0 Å². The Balaban J connectivity index is 1.13. The molecule has 2 saturated heterocycles. The summed E-state index contributed by atoms with van der Waals surface area (Å²) < 4.78 is 25.3. The number of rotatable bonds is 6. The van der Waals surface area contributed by atoms with Gasteiger partial charge in [-0.1, -0.05) is 12.5 Å². The van der Waals surface area contributed by atoms with Crippen molar-refractivity contribution in [3.8, 4) is 5.75 Å². The molecule has 6 heteroatoms. The fraction of sp³-hybridized carbons (Fsp3) is 0.500. The number of likely N-dealkylation sites (tertiary alicyclic amines) is 1. The van der Waals surface area contributed by atoms with Gasteiger partial charge in [0.15, 0.2) is 0 Å². The first-order valence-corrected chi connectivity index (χ1v) is 11.9. The Morgan fingerprint density at radius 3 is 2.47 bits per heavy atom. The van der Waals surface area contributed by atoms with Gasteiger partial charge in [-0.25, -0.2) is 9.18 Å². The second-order valence-corrected chi connectivity index (χ2v) is 9.16. The fourth-order valence-electron chi connectivity index (χ4n) is 5.28. The third kappa shape index (κ3) is 4.33. The van der Waals surface area contributed by atoms with E-state index in [4.69, 9.17) is 9.47 Å². The average molecular weight is 439 g/mol. The largest absolute Gasteiger partial charge is 0.494 e. The van der Waals surface area contributed by atoms with E-state index in [1.807, 2.05) is 12.1 Å². The normalized spacial score (nSPS) is 20.3. The van der Waals surface area contributed by atoms with E-state index in [2.05, 4.69) is 21.9 Å². The van der Waals surface area contributed by atoms with Crippen molar-refractivity contribution in [2.24, 2.45) is 0 Å². The zero-order chi connectivity index (χ0) is 22.0. The first-order chi connectivity index (χ1) is 15.6. The molecule has 2 aromatic carbocycles. The van der Waals surface area contributed by atoms with E-state index in [1.165, 1.54) is 44.5 Å². The molecule has 1 spiro atoms. The number of hydrogen-bond acceptors (Lipinski definition) is 5. The SMILES string of the molecule is O=C1OC2(CCN(c3ccc(OCCCN4CCCCC4)cc3)CC2)c2ccc(F)cc21. The maximum absolute atomic E-state index is 13.6. The van der Waals surface area contributed by atoms with E-state index >= 15 is 0 Å². The maximum atomic E-state index is 13.6. The lowest BCUT2D eigenvalue weighted by Gasteiger charge is -2.39. The summed E-state index contributed by atoms with van der Waals surface area (Å²) in [6.45, 7) is 5.88. The van der Waals surface area contributed by atoms with Gasteiger partial charge in [-0.2, -0.15) is 0 Å². The Labute approximate surface area is 189 Å². The third-order valence-electron chi connectivity index (χ3n) is 7.09. The van der Waals surface area contributed by atoms with Crippen molar-refractivity contribution >= 4 is 11.7 Å². The lowest BCUT2D eigenvalue weighted by Crippen LogP contribution is -2.42. The van der Waals surface area contributed by atoms with E-state index in [0.717, 1.165) is 49.7 Å². The summed E-state index contributed by atoms with van der Waals surface area (Å²) in [7, 11) is 0. The number of fused-ring (bicyclic) bond motifs is 2. The van der Waals surface area contributed by atoms with E-state index in [-0.39, 0.29) is 0 Å². The number of nitrogens with zero attached hydrogens (tertiary/aromatic N) is 2. The Bertz CT molecular complexity index is 948. The second kappa shape index (κ2) is 9.10. The van der Waals surface area contributed by atoms with Crippen molar-refractivity contribution < 1.29 is 18.7 Å². The molecule has 0 unspecified atom stereocenters. The molecule has 5 rings (SSSR count). The van der Waals surface area contributed by atoms with Gasteiger partial charge >= 0.3 is 5.97 Å². The number of carbonyl (C=O) groups is 1. The smallest absolute Gasteiger partial charge is 0.339 e. The second-order valence-electron chi connectivity index (χ2n) is 9.16. The van der Waals surface area contributed by atoms with Crippen molar-refractivity contribution in [2.75, 3.05) is 44.2 Å². The first kappa shape index (κ1) is 21.3. The molecule has 0 atom stereocenters. The van der Waals surface area contributed by atoms with Gasteiger partial charge in [0.05, 0.1) is 12.2 Å². The van der Waals surface area contributed by atoms with Crippen LogP contribution in [0.4, 0.5) is 10.1 Å². The van der Waals surface area contributed by atoms with Gasteiger partial charge in [0, 0.05) is 43.7 Å². The summed E-state index contributed by atoms with van der Waals surface area (Å²) in [4.78, 5) is 17.1. The zero-order valence-corrected chi connectivity index (χ0v) is 18.5. The minimum absolute atomic E-state index is 0.375. The molecule has 0 amide bonds. The number of carbonyl (C=O) groups excluding carboxylic acids is 1. The van der Waals surface area contributed by atoms with Crippen LogP contribution in [0, 0.1) is 5.82 Å². The lowest BCUT2D eigenvalue weighted by atomic mass is 9.83. The molecular weight excluding hydrogens is 407 g/mol. The van der Waals surface area contributed by atoms with Crippen molar-refractivity contribution in [3.05, 3.63) is 59.4 Å². The van der Waals surface area contributed by atoms with Crippen LogP contribution in [0.15, 0.2) is 42.5 Å². The van der Waals surface area contributed by atoms with Crippen molar-refractivity contribution in [3.63, 3.8) is 0 Å². The molecule has 0 aliphatic carbocycles. The maximum Gasteiger partial charge on any atom is 0.339 e. The highest BCUT2D eigenvalue weighted by Crippen LogP contribution is 2.44. The molecule has 3 heterocycles. The van der Waals surface area contributed by atoms with Crippen molar-refractivity contribution in [1.82, 2.24) is 4.90 Å². The summed E-state index contributed by atoms with van der Waals surface area (Å²) in [6, 6.07) is 12.7. The summed E-state index contributed by atoms with van der Waals surface area (Å²) in [5.74, 6) is 0.0975. The quantitative estimate of drug-likeness (QED) is 0.481. The van der Waals surface area contributed by atoms with Gasteiger partial charge in [0.1, 0.15) is 17.2 Å². The van der Waals surface area contributed by atoms with Crippen LogP contribution in [0.3, 0.4) is 0 Å². The average Bonchev–Trinajstić information content (AvgIpc) is 3.09. The molecule has 0 bridgehead atoms. The Morgan fingerprint density at radius 1 is 0.969 bits per heavy atom. The predicted octanol–water partition coefficient (Wildman–Crippen LogP) is 4.75. The molecule has 3 aliphatic heterocycles. The number of ether oxygens (including phenoxy) is 2. The van der Waals surface area contributed by atoms with E-state index < -0.39 is 17.4 Å². The number of anilines is 1. The summed E-state index contributed by atoms with van der Waals surface area (Å²) >= 11 is 0. The summed E-state index contributed by atoms with van der Waals surface area (Å²) in [5.41, 5.74) is 1.73. The third-order valence-corrected chi connectivity index (χ3v) is 7.09. The van der Waals surface area contributed by atoms with E-state index in [0.29, 0.717) is 18.4 Å². The number of piperidine rings is 2. The molecule has 32 heavy (non-hydrogen) atoms. The van der Waals surface area contributed by atoms with E-state index in [9.17, 15) is 9.18 Å². The van der Waals surface area contributed by atoms with Crippen LogP contribution >= 0.6 is 0 Å². The minimum Gasteiger partial charge on any atom is -0.494 e. The Hall–Kier alpha value is -2.60. The fourth-order valence-corrected chi connectivity index (χ4v) is 5.28. The Morgan fingerprint density at radius 2 is 1.72 bits per heavy atom. The molecule has 170 valence electrons. The van der Waals surface area contributed by atoms with Gasteiger partial charge in [-0.15, -0.1) is 0 Å². The molecule has 0 aromatic heterocycles. The van der Waals surface area contributed by atoms with E-state index in [1.54, 1.807) is 6.07 Å². The van der Waals surface area contributed by atoms with Gasteiger partial charge in [0.25, 0.3) is 0 Å². The predicted molar refractivity (Wildman–Crippen MR) is 122 cm³/mol. The molecule has 2 fully saturated rings. The standard InChI is InChI=1S/C26H31FN2O3/c27-20-5-10-24-23(19-20)25(30)32-26(24)11-16-29(17-12-26)21-6-8-22(9-7-21)31-18-4-15-28-13-2-1-3-14-28/h5-10,19H,1-4,11-18H2. The summed E-state index contributed by atoms with van der Waals surface area (Å²) in [5, 5.41) is 0. The van der Waals surface area contributed by atoms with Crippen LogP contribution in [0.1, 0.15) is 54.4 Å². The molecular formula is C26H31FN2O3. The van der Waals surface area contributed by atoms with Crippen LogP contribution in [0.25, 0.3) is 0 Å². The molecule has 0 saturated carbocycles. The topological polar surface area (TPSA) is 42.0 Å². The van der Waals surface area contributed by atoms with Crippen LogP contribution < -0.4 is 9.64 Å². The molecule has 2 aromatic rings. The number of halogens is 1. The Kier molecular flexibility index (Phi) is 6.05. The number of hydrogen-bond donors (Lipinski definition) is 0. The monoisotopic (exact) mass is 438 g/mol. The summed E-state index contributed by atoms with van der Waals surface area (Å²) in [6.07, 6.45) is 6.48. The molecule has 0 radical (unpaired) electrons. The van der Waals surface area contributed by atoms with Gasteiger partial charge < -0.3 is 19.3 Å². The lowest BCUT2D eigenvalue weighted by molar-refractivity contribution is -0.0210. The van der Waals surface area contributed by atoms with Gasteiger partial charge in [-0.3, -0.25) is 0 Å². The van der Waals surface area contributed by atoms with Crippen molar-refractivity contribution in [2.45, 2.75) is 44.1 Å². The number of benzene rings is 2. The van der Waals surface area contributed by atoms with Crippen molar-refractivity contribution in [1.29, 1.82) is 0 Å². The first-order valence-electron chi connectivity index (χ1n) is 11.9. The molecule has 5 nitrogen and oxygen atoms in total. The van der Waals surface area contributed by atoms with Gasteiger partial charge in [0.2, 0.25) is 0 Å². The van der Waals surface area contributed by atoms with Crippen LogP contribution in [-0.2, 0) is 10.3 Å². The molecule has 0 N–H and O–H groups in total. The highest BCUT2D eigenvalue weighted by Gasteiger charge is 2.47. The van der Waals surface area contributed by atoms with Crippen LogP contribution in [0.5, 0.6) is 5.75 Å². The zero-order valence-electron chi connectivity index (χ0n) is 18.5. The number of esters is 1.